The Hall–Kier alpha value is -1.62. The van der Waals surface area contributed by atoms with Gasteiger partial charge in [-0.25, -0.2) is 13.4 Å². The van der Waals surface area contributed by atoms with Crippen molar-refractivity contribution in [3.63, 3.8) is 0 Å². The fourth-order valence-electron chi connectivity index (χ4n) is 1.65. The van der Waals surface area contributed by atoms with Crippen molar-refractivity contribution in [2.45, 2.75) is 11.4 Å². The van der Waals surface area contributed by atoms with Crippen molar-refractivity contribution < 1.29 is 8.42 Å². The highest BCUT2D eigenvalue weighted by Crippen LogP contribution is 2.24. The third kappa shape index (κ3) is 2.42. The molecule has 0 bridgehead atoms. The van der Waals surface area contributed by atoms with Gasteiger partial charge in [0.05, 0.1) is 6.07 Å². The van der Waals surface area contributed by atoms with Crippen molar-refractivity contribution in [1.82, 2.24) is 13.7 Å². The van der Waals surface area contributed by atoms with Crippen LogP contribution >= 0.6 is 11.6 Å². The van der Waals surface area contributed by atoms with Gasteiger partial charge in [-0.3, -0.25) is 4.40 Å². The molecule has 0 saturated carbocycles. The molecule has 2 rings (SSSR count). The van der Waals surface area contributed by atoms with Crippen LogP contribution in [0.3, 0.4) is 0 Å². The van der Waals surface area contributed by atoms with Gasteiger partial charge in [0.1, 0.15) is 5.65 Å². The lowest BCUT2D eigenvalue weighted by atomic mass is 10.5. The number of aromatic nitrogens is 2. The molecule has 0 aliphatic carbocycles. The first kappa shape index (κ1) is 13.8. The summed E-state index contributed by atoms with van der Waals surface area (Å²) in [6, 6.07) is 7.01. The van der Waals surface area contributed by atoms with Gasteiger partial charge in [0.25, 0.3) is 10.0 Å². The highest BCUT2D eigenvalue weighted by molar-refractivity contribution is 7.89. The van der Waals surface area contributed by atoms with Crippen molar-refractivity contribution in [3.8, 4) is 6.07 Å². The van der Waals surface area contributed by atoms with Crippen molar-refractivity contribution in [1.29, 1.82) is 5.26 Å². The maximum atomic E-state index is 12.4. The summed E-state index contributed by atoms with van der Waals surface area (Å²) in [6.45, 7) is 0.106. The lowest BCUT2D eigenvalue weighted by Crippen LogP contribution is -2.29. The van der Waals surface area contributed by atoms with E-state index in [4.69, 9.17) is 16.9 Å². The van der Waals surface area contributed by atoms with Crippen LogP contribution in [0.25, 0.3) is 5.65 Å². The number of imidazole rings is 1. The molecule has 0 aromatic carbocycles. The fourth-order valence-corrected chi connectivity index (χ4v) is 3.41. The zero-order chi connectivity index (χ0) is 14.0. The second kappa shape index (κ2) is 5.17. The van der Waals surface area contributed by atoms with Gasteiger partial charge in [0, 0.05) is 26.2 Å². The fraction of sp³-hybridized carbons (Fsp3) is 0.273. The Kier molecular flexibility index (Phi) is 3.75. The molecule has 2 aromatic heterocycles. The third-order valence-electron chi connectivity index (χ3n) is 2.64. The summed E-state index contributed by atoms with van der Waals surface area (Å²) in [5.41, 5.74) is 0.458. The third-order valence-corrected chi connectivity index (χ3v) is 4.90. The van der Waals surface area contributed by atoms with Gasteiger partial charge in [0.15, 0.2) is 10.2 Å². The minimum atomic E-state index is -3.77. The van der Waals surface area contributed by atoms with Gasteiger partial charge < -0.3 is 0 Å². The number of rotatable bonds is 4. The Morgan fingerprint density at radius 2 is 2.26 bits per heavy atom. The number of hydrogen-bond donors (Lipinski definition) is 0. The molecular formula is C11H11ClN4O2S. The van der Waals surface area contributed by atoms with Gasteiger partial charge in [-0.2, -0.15) is 9.57 Å². The van der Waals surface area contributed by atoms with E-state index in [2.05, 4.69) is 4.98 Å². The lowest BCUT2D eigenvalue weighted by molar-refractivity contribution is 0.473. The van der Waals surface area contributed by atoms with E-state index >= 15 is 0 Å². The van der Waals surface area contributed by atoms with Gasteiger partial charge in [0.2, 0.25) is 0 Å². The summed E-state index contributed by atoms with van der Waals surface area (Å²) < 4.78 is 27.3. The molecule has 0 saturated heterocycles. The van der Waals surface area contributed by atoms with E-state index < -0.39 is 10.0 Å². The first-order chi connectivity index (χ1) is 8.98. The molecule has 0 aliphatic rings. The number of pyridine rings is 1. The Labute approximate surface area is 115 Å². The number of nitrogens with zero attached hydrogens (tertiary/aromatic N) is 4. The number of fused-ring (bicyclic) bond motifs is 1. The maximum absolute atomic E-state index is 12.4. The quantitative estimate of drug-likeness (QED) is 0.857. The molecule has 2 heterocycles. The molecule has 0 fully saturated rings. The maximum Gasteiger partial charge on any atom is 0.262 e. The van der Waals surface area contributed by atoms with Crippen LogP contribution < -0.4 is 0 Å². The average molecular weight is 299 g/mol. The Morgan fingerprint density at radius 3 is 2.95 bits per heavy atom. The molecule has 8 heteroatoms. The predicted octanol–water partition coefficient (Wildman–Crippen LogP) is 1.52. The monoisotopic (exact) mass is 298 g/mol. The standard InChI is InChI=1S/C11H11ClN4O2S/c1-15(7-4-6-13)19(17,18)11-10(12)14-9-5-2-3-8-16(9)11/h2-3,5,8H,4,7H2,1H3. The second-order valence-corrected chi connectivity index (χ2v) is 6.19. The highest BCUT2D eigenvalue weighted by Gasteiger charge is 2.28. The van der Waals surface area contributed by atoms with Crippen LogP contribution in [0.1, 0.15) is 6.42 Å². The van der Waals surface area contributed by atoms with Crippen LogP contribution in [0, 0.1) is 11.3 Å². The molecule has 0 radical (unpaired) electrons. The van der Waals surface area contributed by atoms with E-state index in [1.54, 1.807) is 24.4 Å². The van der Waals surface area contributed by atoms with E-state index in [1.807, 2.05) is 6.07 Å². The number of hydrogen-bond acceptors (Lipinski definition) is 4. The number of halogens is 1. The van der Waals surface area contributed by atoms with E-state index in [9.17, 15) is 8.42 Å². The van der Waals surface area contributed by atoms with Crippen molar-refractivity contribution in [2.24, 2.45) is 0 Å². The molecule has 0 aliphatic heterocycles. The lowest BCUT2D eigenvalue weighted by Gasteiger charge is -2.15. The minimum absolute atomic E-state index is 0.0741. The van der Waals surface area contributed by atoms with Crippen LogP contribution in [0.2, 0.25) is 5.15 Å². The summed E-state index contributed by atoms with van der Waals surface area (Å²) in [4.78, 5) is 4.00. The van der Waals surface area contributed by atoms with E-state index in [-0.39, 0.29) is 23.1 Å². The Bertz CT molecular complexity index is 748. The highest BCUT2D eigenvalue weighted by atomic mass is 35.5. The van der Waals surface area contributed by atoms with Gasteiger partial charge in [-0.05, 0) is 12.1 Å². The minimum Gasteiger partial charge on any atom is -0.288 e. The molecule has 0 N–H and O–H groups in total. The molecule has 100 valence electrons. The molecule has 0 amide bonds. The van der Waals surface area contributed by atoms with Gasteiger partial charge in [-0.1, -0.05) is 17.7 Å². The van der Waals surface area contributed by atoms with Crippen LogP contribution in [0.15, 0.2) is 29.4 Å². The Morgan fingerprint density at radius 1 is 1.53 bits per heavy atom. The largest absolute Gasteiger partial charge is 0.288 e. The zero-order valence-corrected chi connectivity index (χ0v) is 11.7. The molecule has 0 unspecified atom stereocenters. The topological polar surface area (TPSA) is 78.5 Å². The van der Waals surface area contributed by atoms with Crippen molar-refractivity contribution >= 4 is 27.3 Å². The molecular weight excluding hydrogens is 288 g/mol. The number of nitriles is 1. The van der Waals surface area contributed by atoms with E-state index in [0.29, 0.717) is 5.65 Å². The number of sulfonamides is 1. The van der Waals surface area contributed by atoms with Crippen molar-refractivity contribution in [3.05, 3.63) is 29.5 Å². The first-order valence-electron chi connectivity index (χ1n) is 5.44. The molecule has 6 nitrogen and oxygen atoms in total. The van der Waals surface area contributed by atoms with E-state index in [0.717, 1.165) is 4.31 Å². The summed E-state index contributed by atoms with van der Waals surface area (Å²) in [6.07, 6.45) is 1.70. The Balaban J connectivity index is 2.55. The summed E-state index contributed by atoms with van der Waals surface area (Å²) >= 11 is 5.93. The molecule has 19 heavy (non-hydrogen) atoms. The van der Waals surface area contributed by atoms with Crippen LogP contribution in [0.5, 0.6) is 0 Å². The summed E-state index contributed by atoms with van der Waals surface area (Å²) in [5, 5.41) is 8.37. The van der Waals surface area contributed by atoms with Crippen LogP contribution in [0.4, 0.5) is 0 Å². The molecule has 2 aromatic rings. The van der Waals surface area contributed by atoms with Crippen molar-refractivity contribution in [2.75, 3.05) is 13.6 Å². The second-order valence-electron chi connectivity index (χ2n) is 3.87. The van der Waals surface area contributed by atoms with Crippen LogP contribution in [-0.2, 0) is 10.0 Å². The smallest absolute Gasteiger partial charge is 0.262 e. The predicted molar refractivity (Wildman–Crippen MR) is 70.2 cm³/mol. The summed E-state index contributed by atoms with van der Waals surface area (Å²) in [5.74, 6) is 0. The van der Waals surface area contributed by atoms with Crippen LogP contribution in [-0.4, -0.2) is 35.7 Å². The summed E-state index contributed by atoms with van der Waals surface area (Å²) in [7, 11) is -2.37. The first-order valence-corrected chi connectivity index (χ1v) is 7.26. The average Bonchev–Trinajstić information content (AvgIpc) is 2.72. The normalized spacial score (nSPS) is 11.9. The SMILES string of the molecule is CN(CCC#N)S(=O)(=O)c1c(Cl)nc2ccccn12. The zero-order valence-electron chi connectivity index (χ0n) is 10.1. The molecule has 0 spiro atoms. The van der Waals surface area contributed by atoms with Gasteiger partial charge >= 0.3 is 0 Å². The van der Waals surface area contributed by atoms with Gasteiger partial charge in [-0.15, -0.1) is 0 Å². The van der Waals surface area contributed by atoms with E-state index in [1.165, 1.54) is 11.4 Å². The molecule has 0 atom stereocenters.